The molecule has 5 nitrogen and oxygen atoms in total. The molecule has 0 unspecified atom stereocenters. The number of hydrogen-bond donors (Lipinski definition) is 1. The topological polar surface area (TPSA) is 59.3 Å². The number of carbonyl (C=O) groups is 1. The van der Waals surface area contributed by atoms with Crippen LogP contribution in [0.1, 0.15) is 46.6 Å². The molecule has 0 aliphatic carbocycles. The Hall–Kier alpha value is -1.92. The van der Waals surface area contributed by atoms with Crippen LogP contribution in [0.25, 0.3) is 5.65 Å². The normalized spacial score (nSPS) is 12.8. The first-order chi connectivity index (χ1) is 11.4. The molecule has 0 fully saturated rings. The van der Waals surface area contributed by atoms with Crippen molar-refractivity contribution >= 4 is 34.5 Å². The largest absolute Gasteiger partial charge is 0.343 e. The average molecular weight is 363 g/mol. The Kier molecular flexibility index (Phi) is 4.60. The van der Waals surface area contributed by atoms with Crippen molar-refractivity contribution in [1.82, 2.24) is 19.9 Å². The molecular formula is C17H19ClN4OS. The average Bonchev–Trinajstić information content (AvgIpc) is 3.13. The molecule has 0 saturated carbocycles. The number of amides is 1. The van der Waals surface area contributed by atoms with Crippen molar-refractivity contribution in [1.29, 1.82) is 0 Å². The van der Waals surface area contributed by atoms with E-state index in [4.69, 9.17) is 11.6 Å². The van der Waals surface area contributed by atoms with Crippen LogP contribution in [0.3, 0.4) is 0 Å². The van der Waals surface area contributed by atoms with E-state index in [1.165, 1.54) is 0 Å². The fourth-order valence-corrected chi connectivity index (χ4v) is 3.88. The lowest BCUT2D eigenvalue weighted by Gasteiger charge is -2.20. The van der Waals surface area contributed by atoms with Crippen molar-refractivity contribution < 1.29 is 4.79 Å². The van der Waals surface area contributed by atoms with E-state index in [0.29, 0.717) is 5.65 Å². The molecule has 3 aromatic heterocycles. The van der Waals surface area contributed by atoms with Crippen molar-refractivity contribution in [3.05, 3.63) is 50.6 Å². The molecule has 3 aromatic rings. The molecule has 3 rings (SSSR count). The third-order valence-electron chi connectivity index (χ3n) is 3.86. The summed E-state index contributed by atoms with van der Waals surface area (Å²) >= 11 is 8.00. The number of hydrogen-bond acceptors (Lipinski definition) is 4. The molecule has 1 atom stereocenters. The maximum atomic E-state index is 12.7. The summed E-state index contributed by atoms with van der Waals surface area (Å²) in [5.74, 6) is -0.0276. The maximum Gasteiger partial charge on any atom is 0.273 e. The highest BCUT2D eigenvalue weighted by atomic mass is 35.5. The lowest BCUT2D eigenvalue weighted by atomic mass is 10.0. The first-order valence-electron chi connectivity index (χ1n) is 7.75. The van der Waals surface area contributed by atoms with Crippen LogP contribution in [0.15, 0.2) is 23.6 Å². The second kappa shape index (κ2) is 6.53. The molecule has 126 valence electrons. The smallest absolute Gasteiger partial charge is 0.273 e. The summed E-state index contributed by atoms with van der Waals surface area (Å²) in [6, 6.07) is 5.83. The lowest BCUT2D eigenvalue weighted by Crippen LogP contribution is -2.31. The van der Waals surface area contributed by atoms with Crippen LogP contribution in [0.4, 0.5) is 0 Å². The Morgan fingerprint density at radius 3 is 2.75 bits per heavy atom. The summed E-state index contributed by atoms with van der Waals surface area (Å²) in [6.07, 6.45) is 0. The molecule has 1 N–H and O–H groups in total. The zero-order valence-electron chi connectivity index (χ0n) is 14.0. The summed E-state index contributed by atoms with van der Waals surface area (Å²) in [7, 11) is 0. The fraction of sp³-hybridized carbons (Fsp3) is 0.353. The zero-order chi connectivity index (χ0) is 17.4. The van der Waals surface area contributed by atoms with Crippen LogP contribution in [0.5, 0.6) is 0 Å². The van der Waals surface area contributed by atoms with Crippen LogP contribution in [0, 0.1) is 19.8 Å². The molecule has 1 amide bonds. The van der Waals surface area contributed by atoms with Gasteiger partial charge in [0.25, 0.3) is 5.91 Å². The molecule has 7 heteroatoms. The summed E-state index contributed by atoms with van der Waals surface area (Å²) in [4.78, 5) is 18.3. The van der Waals surface area contributed by atoms with Gasteiger partial charge in [-0.3, -0.25) is 4.79 Å². The van der Waals surface area contributed by atoms with Crippen LogP contribution in [-0.2, 0) is 0 Å². The Morgan fingerprint density at radius 2 is 2.12 bits per heavy atom. The number of carbonyl (C=O) groups excluding carboxylic acids is 1. The van der Waals surface area contributed by atoms with E-state index in [0.717, 1.165) is 16.3 Å². The van der Waals surface area contributed by atoms with E-state index in [-0.39, 0.29) is 28.6 Å². The summed E-state index contributed by atoms with van der Waals surface area (Å²) in [5, 5.41) is 9.70. The van der Waals surface area contributed by atoms with Gasteiger partial charge in [0.05, 0.1) is 6.04 Å². The van der Waals surface area contributed by atoms with E-state index >= 15 is 0 Å². The predicted molar refractivity (Wildman–Crippen MR) is 96.8 cm³/mol. The minimum Gasteiger partial charge on any atom is -0.343 e. The highest BCUT2D eigenvalue weighted by Gasteiger charge is 2.25. The van der Waals surface area contributed by atoms with Gasteiger partial charge in [-0.15, -0.1) is 11.3 Å². The van der Waals surface area contributed by atoms with Gasteiger partial charge >= 0.3 is 0 Å². The van der Waals surface area contributed by atoms with Gasteiger partial charge in [0.15, 0.2) is 11.3 Å². The molecule has 0 bridgehead atoms. The summed E-state index contributed by atoms with van der Waals surface area (Å²) in [5.41, 5.74) is 2.45. The quantitative estimate of drug-likeness (QED) is 0.757. The lowest BCUT2D eigenvalue weighted by molar-refractivity contribution is 0.0921. The number of thiophene rings is 1. The third kappa shape index (κ3) is 3.03. The van der Waals surface area contributed by atoms with E-state index in [9.17, 15) is 4.79 Å². The summed E-state index contributed by atoms with van der Waals surface area (Å²) < 4.78 is 1.61. The van der Waals surface area contributed by atoms with Gasteiger partial charge in [-0.2, -0.15) is 5.10 Å². The standard InChI is InChI=1S/C17H19ClN4OS/c1-9(2)14(12-6-5-7-24-12)20-17(23)15-13(18)16-19-10(3)8-11(4)22(16)21-15/h5-9,14H,1-4H3,(H,20,23)/t14-/m0/s1. The Balaban J connectivity index is 1.97. The van der Waals surface area contributed by atoms with E-state index in [1.807, 2.05) is 37.4 Å². The SMILES string of the molecule is Cc1cc(C)n2nc(C(=O)N[C@H](c3cccs3)C(C)C)c(Cl)c2n1. The number of fused-ring (bicyclic) bond motifs is 1. The second-order valence-electron chi connectivity index (χ2n) is 6.15. The summed E-state index contributed by atoms with van der Waals surface area (Å²) in [6.45, 7) is 7.95. The molecule has 3 heterocycles. The molecule has 0 spiro atoms. The number of aryl methyl sites for hydroxylation is 2. The fourth-order valence-electron chi connectivity index (χ4n) is 2.68. The van der Waals surface area contributed by atoms with Crippen LogP contribution >= 0.6 is 22.9 Å². The van der Waals surface area contributed by atoms with Crippen LogP contribution in [0.2, 0.25) is 5.02 Å². The zero-order valence-corrected chi connectivity index (χ0v) is 15.6. The first-order valence-corrected chi connectivity index (χ1v) is 9.01. The van der Waals surface area contributed by atoms with Gasteiger partial charge in [0, 0.05) is 16.3 Å². The molecule has 0 aromatic carbocycles. The van der Waals surface area contributed by atoms with Gasteiger partial charge < -0.3 is 5.32 Å². The third-order valence-corrected chi connectivity index (χ3v) is 5.16. The number of halogens is 1. The van der Waals surface area contributed by atoms with Gasteiger partial charge in [-0.1, -0.05) is 31.5 Å². The van der Waals surface area contributed by atoms with Gasteiger partial charge in [0.2, 0.25) is 0 Å². The first kappa shape index (κ1) is 16.9. The predicted octanol–water partition coefficient (Wildman–Crippen LogP) is 4.19. The molecule has 0 radical (unpaired) electrons. The van der Waals surface area contributed by atoms with Crippen molar-refractivity contribution in [3.63, 3.8) is 0 Å². The van der Waals surface area contributed by atoms with Crippen molar-refractivity contribution in [2.24, 2.45) is 5.92 Å². The monoisotopic (exact) mass is 362 g/mol. The van der Waals surface area contributed by atoms with E-state index in [2.05, 4.69) is 29.2 Å². The number of nitrogens with zero attached hydrogens (tertiary/aromatic N) is 3. The van der Waals surface area contributed by atoms with Crippen molar-refractivity contribution in [2.75, 3.05) is 0 Å². The molecule has 0 aliphatic heterocycles. The highest BCUT2D eigenvalue weighted by Crippen LogP contribution is 2.27. The second-order valence-corrected chi connectivity index (χ2v) is 7.50. The highest BCUT2D eigenvalue weighted by molar-refractivity contribution is 7.10. The molecule has 24 heavy (non-hydrogen) atoms. The maximum absolute atomic E-state index is 12.7. The molecule has 0 saturated heterocycles. The molecule has 0 aliphatic rings. The molecular weight excluding hydrogens is 344 g/mol. The minimum atomic E-state index is -0.283. The Labute approximate surface area is 149 Å². The number of rotatable bonds is 4. The van der Waals surface area contributed by atoms with Crippen molar-refractivity contribution in [2.45, 2.75) is 33.7 Å². The Bertz CT molecular complexity index is 886. The van der Waals surface area contributed by atoms with Crippen LogP contribution < -0.4 is 5.32 Å². The minimum absolute atomic E-state index is 0.0748. The van der Waals surface area contributed by atoms with Gasteiger partial charge in [-0.25, -0.2) is 9.50 Å². The van der Waals surface area contributed by atoms with Gasteiger partial charge in [-0.05, 0) is 37.3 Å². The van der Waals surface area contributed by atoms with Gasteiger partial charge in [0.1, 0.15) is 5.02 Å². The number of nitrogens with one attached hydrogen (secondary N) is 1. The Morgan fingerprint density at radius 1 is 1.38 bits per heavy atom. The van der Waals surface area contributed by atoms with E-state index < -0.39 is 0 Å². The number of aromatic nitrogens is 3. The van der Waals surface area contributed by atoms with E-state index in [1.54, 1.807) is 15.9 Å². The van der Waals surface area contributed by atoms with Crippen LogP contribution in [-0.4, -0.2) is 20.5 Å². The van der Waals surface area contributed by atoms with Crippen molar-refractivity contribution in [3.8, 4) is 0 Å².